The molecule has 0 aliphatic heterocycles. The molecule has 184 valence electrons. The number of rotatable bonds is 6. The summed E-state index contributed by atoms with van der Waals surface area (Å²) in [4.78, 5) is 23.2. The van der Waals surface area contributed by atoms with Gasteiger partial charge in [-0.15, -0.1) is 0 Å². The van der Waals surface area contributed by atoms with E-state index < -0.39 is 34.0 Å². The lowest BCUT2D eigenvalue weighted by atomic mass is 10.1. The molecule has 12 heteroatoms. The van der Waals surface area contributed by atoms with Crippen LogP contribution in [0.15, 0.2) is 69.1 Å². The van der Waals surface area contributed by atoms with E-state index >= 15 is 0 Å². The van der Waals surface area contributed by atoms with Crippen molar-refractivity contribution in [1.82, 2.24) is 0 Å². The van der Waals surface area contributed by atoms with Gasteiger partial charge >= 0.3 is 11.9 Å². The van der Waals surface area contributed by atoms with Crippen molar-refractivity contribution < 1.29 is 27.6 Å². The molecule has 0 saturated heterocycles. The fourth-order valence-electron chi connectivity index (χ4n) is 3.03. The van der Waals surface area contributed by atoms with Crippen LogP contribution >= 0.6 is 31.9 Å². The quantitative estimate of drug-likeness (QED) is 0.130. The second-order valence-corrected chi connectivity index (χ2v) is 9.05. The number of carbonyl (C=O) groups is 1. The molecule has 1 N–H and O–H groups in total. The number of ether oxygens (including phenoxy) is 1. The van der Waals surface area contributed by atoms with E-state index in [4.69, 9.17) is 4.74 Å². The van der Waals surface area contributed by atoms with Gasteiger partial charge in [0.25, 0.3) is 5.91 Å². The van der Waals surface area contributed by atoms with Gasteiger partial charge in [-0.1, -0.05) is 34.1 Å². The molecule has 0 saturated carbocycles. The first-order valence-electron chi connectivity index (χ1n) is 9.92. The molecule has 0 atom stereocenters. The van der Waals surface area contributed by atoms with Gasteiger partial charge in [0.15, 0.2) is 0 Å². The smallest absolute Gasteiger partial charge is 0.416 e. The van der Waals surface area contributed by atoms with Crippen LogP contribution in [0.25, 0.3) is 6.08 Å². The van der Waals surface area contributed by atoms with Crippen molar-refractivity contribution in [3.63, 3.8) is 0 Å². The standard InChI is InChI=1S/C24H14Br2F3N3O4/c1-13-4-2-3-5-19(13)31-23(33)15(12-30)8-14-9-17(25)11-18(26)22(14)36-21-7-6-16(24(27,28)29)10-20(21)32(34)35/h2-11H,1H3,(H,31,33)/b15-8+. The molecule has 0 aliphatic carbocycles. The predicted molar refractivity (Wildman–Crippen MR) is 133 cm³/mol. The second-order valence-electron chi connectivity index (χ2n) is 7.28. The number of hydrogen-bond donors (Lipinski definition) is 1. The van der Waals surface area contributed by atoms with Crippen molar-refractivity contribution in [2.45, 2.75) is 13.1 Å². The lowest BCUT2D eigenvalue weighted by Gasteiger charge is -2.14. The maximum absolute atomic E-state index is 13.0. The Morgan fingerprint density at radius 3 is 2.47 bits per heavy atom. The van der Waals surface area contributed by atoms with E-state index in [1.54, 1.807) is 37.3 Å². The van der Waals surface area contributed by atoms with E-state index in [-0.39, 0.29) is 21.4 Å². The summed E-state index contributed by atoms with van der Waals surface area (Å²) in [6.45, 7) is 1.78. The molecule has 1 amide bonds. The predicted octanol–water partition coefficient (Wildman–Crippen LogP) is 7.79. The molecule has 7 nitrogen and oxygen atoms in total. The molecule has 0 heterocycles. The number of amides is 1. The van der Waals surface area contributed by atoms with Crippen LogP contribution in [0.3, 0.4) is 0 Å². The first-order chi connectivity index (χ1) is 16.9. The topological polar surface area (TPSA) is 105 Å². The van der Waals surface area contributed by atoms with Crippen molar-refractivity contribution in [1.29, 1.82) is 5.26 Å². The average Bonchev–Trinajstić information content (AvgIpc) is 2.80. The van der Waals surface area contributed by atoms with Crippen LogP contribution in [0.1, 0.15) is 16.7 Å². The van der Waals surface area contributed by atoms with Gasteiger partial charge in [-0.05, 0) is 64.8 Å². The zero-order valence-corrected chi connectivity index (χ0v) is 21.4. The van der Waals surface area contributed by atoms with Gasteiger partial charge in [0.2, 0.25) is 5.75 Å². The molecule has 0 radical (unpaired) electrons. The molecule has 36 heavy (non-hydrogen) atoms. The average molecular weight is 625 g/mol. The van der Waals surface area contributed by atoms with Crippen LogP contribution in [-0.2, 0) is 11.0 Å². The lowest BCUT2D eigenvalue weighted by Crippen LogP contribution is -2.14. The van der Waals surface area contributed by atoms with Crippen molar-refractivity contribution in [2.24, 2.45) is 0 Å². The number of alkyl halides is 3. The minimum absolute atomic E-state index is 0.0579. The Kier molecular flexibility index (Phi) is 8.17. The Balaban J connectivity index is 2.06. The summed E-state index contributed by atoms with van der Waals surface area (Å²) >= 11 is 6.54. The summed E-state index contributed by atoms with van der Waals surface area (Å²) in [7, 11) is 0. The number of carbonyl (C=O) groups excluding carboxylic acids is 1. The van der Waals surface area contributed by atoms with Crippen LogP contribution in [-0.4, -0.2) is 10.8 Å². The Labute approximate surface area is 219 Å². The number of para-hydroxylation sites is 1. The normalized spacial score (nSPS) is 11.5. The Morgan fingerprint density at radius 1 is 1.17 bits per heavy atom. The summed E-state index contributed by atoms with van der Waals surface area (Å²) < 4.78 is 45.6. The van der Waals surface area contributed by atoms with Gasteiger partial charge in [0, 0.05) is 21.8 Å². The van der Waals surface area contributed by atoms with E-state index in [2.05, 4.69) is 37.2 Å². The minimum atomic E-state index is -4.79. The Morgan fingerprint density at radius 2 is 1.86 bits per heavy atom. The third kappa shape index (κ3) is 6.30. The molecule has 3 aromatic rings. The van der Waals surface area contributed by atoms with Crippen molar-refractivity contribution in [3.05, 3.63) is 95.9 Å². The maximum Gasteiger partial charge on any atom is 0.416 e. The summed E-state index contributed by atoms with van der Waals surface area (Å²) in [6, 6.07) is 13.6. The summed E-state index contributed by atoms with van der Waals surface area (Å²) in [5.74, 6) is -1.24. The van der Waals surface area contributed by atoms with E-state index in [1.165, 1.54) is 18.2 Å². The highest BCUT2D eigenvalue weighted by atomic mass is 79.9. The van der Waals surface area contributed by atoms with E-state index in [0.29, 0.717) is 22.3 Å². The highest BCUT2D eigenvalue weighted by Gasteiger charge is 2.33. The number of halogens is 5. The second kappa shape index (κ2) is 10.9. The van der Waals surface area contributed by atoms with Crippen molar-refractivity contribution >= 4 is 55.2 Å². The monoisotopic (exact) mass is 623 g/mol. The molecular weight excluding hydrogens is 611 g/mol. The molecule has 0 spiro atoms. The molecule has 0 aromatic heterocycles. The van der Waals surface area contributed by atoms with Gasteiger partial charge in [-0.25, -0.2) is 0 Å². The minimum Gasteiger partial charge on any atom is -0.448 e. The number of nitriles is 1. The van der Waals surface area contributed by atoms with Gasteiger partial charge < -0.3 is 10.1 Å². The molecule has 3 aromatic carbocycles. The fraction of sp³-hybridized carbons (Fsp3) is 0.0833. The van der Waals surface area contributed by atoms with Crippen LogP contribution in [0.5, 0.6) is 11.5 Å². The summed E-state index contributed by atoms with van der Waals surface area (Å²) in [5, 5.41) is 23.7. The number of nitrogens with one attached hydrogen (secondary N) is 1. The van der Waals surface area contributed by atoms with Crippen LogP contribution < -0.4 is 10.1 Å². The zero-order chi connectivity index (χ0) is 26.6. The van der Waals surface area contributed by atoms with Crippen LogP contribution in [0.4, 0.5) is 24.5 Å². The van der Waals surface area contributed by atoms with E-state index in [1.807, 2.05) is 0 Å². The van der Waals surface area contributed by atoms with Crippen LogP contribution in [0, 0.1) is 28.4 Å². The Bertz CT molecular complexity index is 1430. The number of anilines is 1. The first-order valence-corrected chi connectivity index (χ1v) is 11.5. The number of nitrogens with zero attached hydrogens (tertiary/aromatic N) is 2. The molecule has 0 fully saturated rings. The summed E-state index contributed by atoms with van der Waals surface area (Å²) in [5.41, 5.74) is -1.01. The molecule has 0 unspecified atom stereocenters. The zero-order valence-electron chi connectivity index (χ0n) is 18.2. The molecular formula is C24H14Br2F3N3O4. The highest BCUT2D eigenvalue weighted by Crippen LogP contribution is 2.42. The first kappa shape index (κ1) is 26.9. The number of benzene rings is 3. The third-order valence-corrected chi connectivity index (χ3v) is 5.84. The van der Waals surface area contributed by atoms with Gasteiger partial charge in [0.1, 0.15) is 17.4 Å². The molecule has 3 rings (SSSR count). The van der Waals surface area contributed by atoms with Crippen molar-refractivity contribution in [3.8, 4) is 17.6 Å². The number of nitro groups is 1. The maximum atomic E-state index is 13.0. The fourth-order valence-corrected chi connectivity index (χ4v) is 4.37. The summed E-state index contributed by atoms with van der Waals surface area (Å²) in [6.07, 6.45) is -3.59. The lowest BCUT2D eigenvalue weighted by molar-refractivity contribution is -0.385. The van der Waals surface area contributed by atoms with Gasteiger partial charge in [-0.3, -0.25) is 14.9 Å². The third-order valence-electron chi connectivity index (χ3n) is 4.79. The van der Waals surface area contributed by atoms with Gasteiger partial charge in [-0.2, -0.15) is 18.4 Å². The van der Waals surface area contributed by atoms with Gasteiger partial charge in [0.05, 0.1) is 15.0 Å². The van der Waals surface area contributed by atoms with E-state index in [9.17, 15) is 33.3 Å². The number of aryl methyl sites for hydroxylation is 1. The number of nitro benzene ring substituents is 1. The molecule has 0 aliphatic rings. The van der Waals surface area contributed by atoms with Crippen LogP contribution in [0.2, 0.25) is 0 Å². The molecule has 0 bridgehead atoms. The highest BCUT2D eigenvalue weighted by molar-refractivity contribution is 9.11. The largest absolute Gasteiger partial charge is 0.448 e. The van der Waals surface area contributed by atoms with E-state index in [0.717, 1.165) is 11.6 Å². The SMILES string of the molecule is Cc1ccccc1NC(=O)/C(C#N)=C/c1cc(Br)cc(Br)c1Oc1ccc(C(F)(F)F)cc1[N+](=O)[O-]. The Hall–Kier alpha value is -3.69. The number of hydrogen-bond acceptors (Lipinski definition) is 5. The van der Waals surface area contributed by atoms with Crippen molar-refractivity contribution in [2.75, 3.05) is 5.32 Å².